The van der Waals surface area contributed by atoms with Gasteiger partial charge in [-0.25, -0.2) is 0 Å². The molecule has 0 unspecified atom stereocenters. The number of nitrogens with zero attached hydrogens (tertiary/aromatic N) is 2. The molecule has 2 aliphatic rings. The molecule has 112 valence electrons. The van der Waals surface area contributed by atoms with Gasteiger partial charge < -0.3 is 15.1 Å². The van der Waals surface area contributed by atoms with Crippen molar-refractivity contribution >= 4 is 0 Å². The third kappa shape index (κ3) is 6.24. The molecule has 0 saturated carbocycles. The van der Waals surface area contributed by atoms with E-state index in [2.05, 4.69) is 22.2 Å². The van der Waals surface area contributed by atoms with Crippen molar-refractivity contribution in [1.82, 2.24) is 15.1 Å². The van der Waals surface area contributed by atoms with E-state index in [-0.39, 0.29) is 0 Å². The number of nitrogens with one attached hydrogen (secondary N) is 1. The SMILES string of the molecule is CN1CCC(NCCCCCN2CCCCC2)CC1. The van der Waals surface area contributed by atoms with Gasteiger partial charge in [-0.2, -0.15) is 0 Å². The maximum absolute atomic E-state index is 3.74. The van der Waals surface area contributed by atoms with Gasteiger partial charge in [0.05, 0.1) is 0 Å². The number of rotatable bonds is 7. The minimum Gasteiger partial charge on any atom is -0.314 e. The van der Waals surface area contributed by atoms with Crippen molar-refractivity contribution in [2.24, 2.45) is 0 Å². The van der Waals surface area contributed by atoms with Crippen LogP contribution in [0.15, 0.2) is 0 Å². The molecule has 3 heteroatoms. The van der Waals surface area contributed by atoms with E-state index in [4.69, 9.17) is 0 Å². The number of unbranched alkanes of at least 4 members (excludes halogenated alkanes) is 2. The minimum atomic E-state index is 0.790. The van der Waals surface area contributed by atoms with Crippen molar-refractivity contribution < 1.29 is 0 Å². The second kappa shape index (κ2) is 8.93. The van der Waals surface area contributed by atoms with E-state index in [0.29, 0.717) is 0 Å². The lowest BCUT2D eigenvalue weighted by atomic mass is 10.1. The molecule has 19 heavy (non-hydrogen) atoms. The molecule has 0 amide bonds. The minimum absolute atomic E-state index is 0.790. The summed E-state index contributed by atoms with van der Waals surface area (Å²) in [4.78, 5) is 5.10. The number of likely N-dealkylation sites (tertiary alicyclic amines) is 2. The van der Waals surface area contributed by atoms with Crippen molar-refractivity contribution in [1.29, 1.82) is 0 Å². The molecular weight excluding hydrogens is 234 g/mol. The van der Waals surface area contributed by atoms with Crippen LogP contribution >= 0.6 is 0 Å². The molecule has 2 heterocycles. The molecule has 0 spiro atoms. The van der Waals surface area contributed by atoms with Gasteiger partial charge in [0.25, 0.3) is 0 Å². The molecular formula is C16H33N3. The first kappa shape index (κ1) is 15.3. The van der Waals surface area contributed by atoms with Crippen LogP contribution in [-0.4, -0.2) is 62.2 Å². The Morgan fingerprint density at radius 1 is 0.895 bits per heavy atom. The Morgan fingerprint density at radius 2 is 1.63 bits per heavy atom. The van der Waals surface area contributed by atoms with E-state index >= 15 is 0 Å². The standard InChI is InChI=1S/C16H33N3/c1-18-14-8-16(9-15-18)17-10-4-2-5-11-19-12-6-3-7-13-19/h16-17H,2-15H2,1H3. The summed E-state index contributed by atoms with van der Waals surface area (Å²) in [5, 5.41) is 3.74. The van der Waals surface area contributed by atoms with Crippen LogP contribution in [0.4, 0.5) is 0 Å². The van der Waals surface area contributed by atoms with Crippen LogP contribution in [0.25, 0.3) is 0 Å². The summed E-state index contributed by atoms with van der Waals surface area (Å²) in [5.41, 5.74) is 0. The van der Waals surface area contributed by atoms with Crippen LogP contribution in [-0.2, 0) is 0 Å². The Labute approximate surface area is 119 Å². The van der Waals surface area contributed by atoms with E-state index in [9.17, 15) is 0 Å². The summed E-state index contributed by atoms with van der Waals surface area (Å²) in [5.74, 6) is 0. The highest BCUT2D eigenvalue weighted by molar-refractivity contribution is 4.75. The monoisotopic (exact) mass is 267 g/mol. The van der Waals surface area contributed by atoms with Gasteiger partial charge in [0.2, 0.25) is 0 Å². The topological polar surface area (TPSA) is 18.5 Å². The van der Waals surface area contributed by atoms with Crippen molar-refractivity contribution in [3.63, 3.8) is 0 Å². The molecule has 0 aromatic carbocycles. The molecule has 2 aliphatic heterocycles. The second-order valence-electron chi connectivity index (χ2n) is 6.49. The normalized spacial score (nSPS) is 23.8. The summed E-state index contributed by atoms with van der Waals surface area (Å²) in [7, 11) is 2.23. The lowest BCUT2D eigenvalue weighted by Gasteiger charge is -2.29. The fourth-order valence-electron chi connectivity index (χ4n) is 3.34. The molecule has 0 radical (unpaired) electrons. The van der Waals surface area contributed by atoms with E-state index in [1.165, 1.54) is 90.6 Å². The van der Waals surface area contributed by atoms with Crippen LogP contribution in [0.2, 0.25) is 0 Å². The van der Waals surface area contributed by atoms with Gasteiger partial charge >= 0.3 is 0 Å². The van der Waals surface area contributed by atoms with Crippen LogP contribution in [0, 0.1) is 0 Å². The third-order valence-corrected chi connectivity index (χ3v) is 4.75. The molecule has 0 bridgehead atoms. The molecule has 2 rings (SSSR count). The summed E-state index contributed by atoms with van der Waals surface area (Å²) in [6.45, 7) is 7.82. The summed E-state index contributed by atoms with van der Waals surface area (Å²) < 4.78 is 0. The molecule has 0 aromatic rings. The van der Waals surface area contributed by atoms with Gasteiger partial charge in [0.1, 0.15) is 0 Å². The number of piperidine rings is 2. The van der Waals surface area contributed by atoms with E-state index in [1.807, 2.05) is 0 Å². The van der Waals surface area contributed by atoms with Gasteiger partial charge in [0, 0.05) is 6.04 Å². The van der Waals surface area contributed by atoms with Crippen LogP contribution in [0.3, 0.4) is 0 Å². The average molecular weight is 267 g/mol. The van der Waals surface area contributed by atoms with Crippen LogP contribution in [0.1, 0.15) is 51.4 Å². The number of hydrogen-bond donors (Lipinski definition) is 1. The molecule has 0 aromatic heterocycles. The Balaban J connectivity index is 1.39. The first-order chi connectivity index (χ1) is 9.34. The van der Waals surface area contributed by atoms with Gasteiger partial charge in [-0.05, 0) is 84.8 Å². The van der Waals surface area contributed by atoms with Crippen molar-refractivity contribution in [3.8, 4) is 0 Å². The maximum Gasteiger partial charge on any atom is 0.00914 e. The van der Waals surface area contributed by atoms with Gasteiger partial charge in [-0.15, -0.1) is 0 Å². The molecule has 2 saturated heterocycles. The molecule has 2 fully saturated rings. The number of hydrogen-bond acceptors (Lipinski definition) is 3. The van der Waals surface area contributed by atoms with Gasteiger partial charge in [-0.1, -0.05) is 12.8 Å². The van der Waals surface area contributed by atoms with Crippen molar-refractivity contribution in [2.75, 3.05) is 46.3 Å². The Hall–Kier alpha value is -0.120. The quantitative estimate of drug-likeness (QED) is 0.714. The van der Waals surface area contributed by atoms with Crippen molar-refractivity contribution in [2.45, 2.75) is 57.4 Å². The van der Waals surface area contributed by atoms with E-state index in [0.717, 1.165) is 6.04 Å². The summed E-state index contributed by atoms with van der Waals surface area (Å²) in [6, 6.07) is 0.790. The Bertz CT molecular complexity index is 218. The maximum atomic E-state index is 3.74. The first-order valence-corrected chi connectivity index (χ1v) is 8.49. The largest absolute Gasteiger partial charge is 0.314 e. The fraction of sp³-hybridized carbons (Fsp3) is 1.00. The lowest BCUT2D eigenvalue weighted by Crippen LogP contribution is -2.41. The molecule has 3 nitrogen and oxygen atoms in total. The molecule has 1 N–H and O–H groups in total. The van der Waals surface area contributed by atoms with E-state index in [1.54, 1.807) is 0 Å². The van der Waals surface area contributed by atoms with Gasteiger partial charge in [0.15, 0.2) is 0 Å². The average Bonchev–Trinajstić information content (AvgIpc) is 2.46. The predicted molar refractivity (Wildman–Crippen MR) is 82.7 cm³/mol. The van der Waals surface area contributed by atoms with Crippen LogP contribution in [0.5, 0.6) is 0 Å². The highest BCUT2D eigenvalue weighted by Crippen LogP contribution is 2.10. The second-order valence-corrected chi connectivity index (χ2v) is 6.49. The fourth-order valence-corrected chi connectivity index (χ4v) is 3.34. The highest BCUT2D eigenvalue weighted by atomic mass is 15.1. The van der Waals surface area contributed by atoms with E-state index < -0.39 is 0 Å². The van der Waals surface area contributed by atoms with Crippen molar-refractivity contribution in [3.05, 3.63) is 0 Å². The first-order valence-electron chi connectivity index (χ1n) is 8.49. The molecule has 0 atom stereocenters. The van der Waals surface area contributed by atoms with Gasteiger partial charge in [-0.3, -0.25) is 0 Å². The smallest absolute Gasteiger partial charge is 0.00914 e. The highest BCUT2D eigenvalue weighted by Gasteiger charge is 2.15. The zero-order chi connectivity index (χ0) is 13.3. The lowest BCUT2D eigenvalue weighted by molar-refractivity contribution is 0.222. The molecule has 0 aliphatic carbocycles. The Kier molecular flexibility index (Phi) is 7.18. The summed E-state index contributed by atoms with van der Waals surface area (Å²) >= 11 is 0. The predicted octanol–water partition coefficient (Wildman–Crippen LogP) is 2.33. The van der Waals surface area contributed by atoms with Crippen LogP contribution < -0.4 is 5.32 Å². The zero-order valence-electron chi connectivity index (χ0n) is 12.9. The Morgan fingerprint density at radius 3 is 2.37 bits per heavy atom. The zero-order valence-corrected chi connectivity index (χ0v) is 12.9. The summed E-state index contributed by atoms with van der Waals surface area (Å²) in [6.07, 6.45) is 11.1. The third-order valence-electron chi connectivity index (χ3n) is 4.75.